The summed E-state index contributed by atoms with van der Waals surface area (Å²) in [5.74, 6) is 1.70. The van der Waals surface area contributed by atoms with E-state index in [2.05, 4.69) is 0 Å². The van der Waals surface area contributed by atoms with Crippen molar-refractivity contribution < 1.29 is 14.3 Å². The number of carbonyl (C=O) groups excluding carboxylic acids is 1. The van der Waals surface area contributed by atoms with Crippen LogP contribution in [-0.4, -0.2) is 37.3 Å². The monoisotopic (exact) mass is 345 g/mol. The van der Waals surface area contributed by atoms with Crippen molar-refractivity contribution >= 4 is 17.7 Å². The summed E-state index contributed by atoms with van der Waals surface area (Å²) < 4.78 is 10.5. The van der Waals surface area contributed by atoms with Crippen LogP contribution in [0.15, 0.2) is 53.4 Å². The van der Waals surface area contributed by atoms with Crippen LogP contribution in [0.25, 0.3) is 0 Å². The molecule has 2 aromatic carbocycles. The van der Waals surface area contributed by atoms with Gasteiger partial charge in [-0.05, 0) is 37.3 Å². The fraction of sp³-hybridized carbons (Fsp3) is 0.316. The van der Waals surface area contributed by atoms with Crippen molar-refractivity contribution in [3.8, 4) is 11.5 Å². The van der Waals surface area contributed by atoms with Crippen LogP contribution in [0.4, 0.5) is 0 Å². The molecule has 0 aliphatic heterocycles. The molecule has 0 aromatic heterocycles. The van der Waals surface area contributed by atoms with Gasteiger partial charge < -0.3 is 14.4 Å². The van der Waals surface area contributed by atoms with E-state index in [1.165, 1.54) is 0 Å². The summed E-state index contributed by atoms with van der Waals surface area (Å²) in [6, 6.07) is 15.5. The Labute approximate surface area is 147 Å². The van der Waals surface area contributed by atoms with Crippen molar-refractivity contribution in [3.63, 3.8) is 0 Å². The molecule has 0 spiro atoms. The Morgan fingerprint density at radius 3 is 2.38 bits per heavy atom. The summed E-state index contributed by atoms with van der Waals surface area (Å²) in [5.41, 5.74) is 0.998. The molecule has 2 rings (SSSR count). The molecular formula is C19H23NO3S. The number of amides is 1. The molecule has 0 aliphatic rings. The average molecular weight is 345 g/mol. The Kier molecular flexibility index (Phi) is 6.55. The summed E-state index contributed by atoms with van der Waals surface area (Å²) in [5, 5.41) is -0.168. The van der Waals surface area contributed by atoms with Crippen LogP contribution in [-0.2, 0) is 11.3 Å². The number of ether oxygens (including phenoxy) is 2. The minimum absolute atomic E-state index is 0.0849. The van der Waals surface area contributed by atoms with Crippen molar-refractivity contribution in [3.05, 3.63) is 54.1 Å². The van der Waals surface area contributed by atoms with Crippen molar-refractivity contribution in [2.45, 2.75) is 23.6 Å². The van der Waals surface area contributed by atoms with Gasteiger partial charge in [-0.15, -0.1) is 11.8 Å². The summed E-state index contributed by atoms with van der Waals surface area (Å²) in [4.78, 5) is 15.4. The third-order valence-electron chi connectivity index (χ3n) is 3.70. The first-order valence-corrected chi connectivity index (χ1v) is 8.60. The molecule has 0 bridgehead atoms. The number of carbonyl (C=O) groups is 1. The second-order valence-electron chi connectivity index (χ2n) is 5.44. The second kappa shape index (κ2) is 8.64. The first kappa shape index (κ1) is 18.2. The maximum atomic E-state index is 12.6. The second-order valence-corrected chi connectivity index (χ2v) is 6.86. The molecule has 0 radical (unpaired) electrons. The maximum Gasteiger partial charge on any atom is 0.235 e. The number of methoxy groups -OCH3 is 2. The van der Waals surface area contributed by atoms with Gasteiger partial charge in [-0.25, -0.2) is 0 Å². The molecule has 1 amide bonds. The third-order valence-corrected chi connectivity index (χ3v) is 4.80. The lowest BCUT2D eigenvalue weighted by Gasteiger charge is -2.22. The topological polar surface area (TPSA) is 38.8 Å². The highest BCUT2D eigenvalue weighted by Gasteiger charge is 2.19. The molecule has 1 atom stereocenters. The van der Waals surface area contributed by atoms with Crippen LogP contribution in [0.5, 0.6) is 11.5 Å². The number of thioether (sulfide) groups is 1. The summed E-state index contributed by atoms with van der Waals surface area (Å²) >= 11 is 1.54. The van der Waals surface area contributed by atoms with Gasteiger partial charge in [0.15, 0.2) is 0 Å². The van der Waals surface area contributed by atoms with E-state index in [1.54, 1.807) is 30.9 Å². The van der Waals surface area contributed by atoms with Gasteiger partial charge in [-0.2, -0.15) is 0 Å². The molecule has 0 heterocycles. The molecule has 128 valence electrons. The maximum absolute atomic E-state index is 12.6. The minimum atomic E-state index is -0.168. The zero-order valence-corrected chi connectivity index (χ0v) is 15.3. The lowest BCUT2D eigenvalue weighted by atomic mass is 10.2. The molecule has 0 aliphatic carbocycles. The number of nitrogens with zero attached hydrogens (tertiary/aromatic N) is 1. The average Bonchev–Trinajstić information content (AvgIpc) is 2.62. The minimum Gasteiger partial charge on any atom is -0.497 e. The van der Waals surface area contributed by atoms with Gasteiger partial charge >= 0.3 is 0 Å². The normalized spacial score (nSPS) is 11.7. The van der Waals surface area contributed by atoms with E-state index in [4.69, 9.17) is 9.47 Å². The van der Waals surface area contributed by atoms with Crippen LogP contribution in [0.2, 0.25) is 0 Å². The van der Waals surface area contributed by atoms with E-state index in [1.807, 2.05) is 62.5 Å². The largest absolute Gasteiger partial charge is 0.497 e. The Morgan fingerprint density at radius 2 is 1.75 bits per heavy atom. The lowest BCUT2D eigenvalue weighted by Crippen LogP contribution is -2.32. The lowest BCUT2D eigenvalue weighted by molar-refractivity contribution is -0.129. The van der Waals surface area contributed by atoms with E-state index in [0.29, 0.717) is 6.54 Å². The molecule has 0 unspecified atom stereocenters. The van der Waals surface area contributed by atoms with E-state index < -0.39 is 0 Å². The number of rotatable bonds is 7. The van der Waals surface area contributed by atoms with Gasteiger partial charge in [0.1, 0.15) is 11.5 Å². The highest BCUT2D eigenvalue weighted by molar-refractivity contribution is 8.00. The fourth-order valence-electron chi connectivity index (χ4n) is 2.39. The van der Waals surface area contributed by atoms with E-state index in [-0.39, 0.29) is 11.2 Å². The summed E-state index contributed by atoms with van der Waals surface area (Å²) in [6.45, 7) is 2.45. The third kappa shape index (κ3) is 4.68. The van der Waals surface area contributed by atoms with Crippen molar-refractivity contribution in [2.75, 3.05) is 21.3 Å². The number of benzene rings is 2. The van der Waals surface area contributed by atoms with E-state index in [0.717, 1.165) is 22.0 Å². The zero-order valence-electron chi connectivity index (χ0n) is 14.5. The Balaban J connectivity index is 1.98. The van der Waals surface area contributed by atoms with Crippen LogP contribution in [0.3, 0.4) is 0 Å². The van der Waals surface area contributed by atoms with Gasteiger partial charge in [-0.1, -0.05) is 18.2 Å². The number of hydrogen-bond donors (Lipinski definition) is 0. The molecule has 0 saturated heterocycles. The molecule has 4 nitrogen and oxygen atoms in total. The van der Waals surface area contributed by atoms with E-state index >= 15 is 0 Å². The molecule has 5 heteroatoms. The van der Waals surface area contributed by atoms with Crippen LogP contribution < -0.4 is 9.47 Å². The predicted octanol–water partition coefficient (Wildman–Crippen LogP) is 3.84. The quantitative estimate of drug-likeness (QED) is 0.715. The van der Waals surface area contributed by atoms with Gasteiger partial charge in [-0.3, -0.25) is 4.79 Å². The molecule has 2 aromatic rings. The van der Waals surface area contributed by atoms with Gasteiger partial charge in [0.25, 0.3) is 0 Å². The molecule has 0 N–H and O–H groups in total. The molecule has 0 saturated carbocycles. The summed E-state index contributed by atoms with van der Waals surface area (Å²) in [7, 11) is 5.10. The van der Waals surface area contributed by atoms with Crippen molar-refractivity contribution in [2.24, 2.45) is 0 Å². The first-order valence-electron chi connectivity index (χ1n) is 7.72. The molecule has 0 fully saturated rings. The summed E-state index contributed by atoms with van der Waals surface area (Å²) in [6.07, 6.45) is 0. The van der Waals surface area contributed by atoms with Crippen molar-refractivity contribution in [1.29, 1.82) is 0 Å². The smallest absolute Gasteiger partial charge is 0.235 e. The van der Waals surface area contributed by atoms with E-state index in [9.17, 15) is 4.79 Å². The van der Waals surface area contributed by atoms with Crippen LogP contribution in [0, 0.1) is 0 Å². The fourth-order valence-corrected chi connectivity index (χ4v) is 3.37. The highest BCUT2D eigenvalue weighted by atomic mass is 32.2. The number of para-hydroxylation sites is 1. The molecular weight excluding hydrogens is 322 g/mol. The highest BCUT2D eigenvalue weighted by Crippen LogP contribution is 2.27. The van der Waals surface area contributed by atoms with Crippen molar-refractivity contribution in [1.82, 2.24) is 4.90 Å². The van der Waals surface area contributed by atoms with Gasteiger partial charge in [0, 0.05) is 24.1 Å². The Morgan fingerprint density at radius 1 is 1.08 bits per heavy atom. The molecule has 24 heavy (non-hydrogen) atoms. The van der Waals surface area contributed by atoms with Gasteiger partial charge in [0.2, 0.25) is 5.91 Å². The van der Waals surface area contributed by atoms with Gasteiger partial charge in [0.05, 0.1) is 19.5 Å². The van der Waals surface area contributed by atoms with Crippen LogP contribution >= 0.6 is 11.8 Å². The zero-order chi connectivity index (χ0) is 17.5. The standard InChI is InChI=1S/C19H23NO3S/c1-14(24-17-11-9-16(22-3)10-12-17)19(21)20(2)13-15-7-5-6-8-18(15)23-4/h5-12,14H,13H2,1-4H3/t14-/m0/s1. The first-order chi connectivity index (χ1) is 11.5. The Hall–Kier alpha value is -2.14. The predicted molar refractivity (Wildman–Crippen MR) is 97.8 cm³/mol. The SMILES string of the molecule is COc1ccc(S[C@@H](C)C(=O)N(C)Cc2ccccc2OC)cc1. The number of hydrogen-bond acceptors (Lipinski definition) is 4. The van der Waals surface area contributed by atoms with Crippen LogP contribution in [0.1, 0.15) is 12.5 Å². The Bertz CT molecular complexity index is 673.